The number of nitrogens with two attached hydrogens (primary N) is 1. The molecule has 0 heterocycles. The highest BCUT2D eigenvalue weighted by atomic mass is 35.5. The minimum atomic E-state index is 0.247. The van der Waals surface area contributed by atoms with E-state index >= 15 is 0 Å². The Labute approximate surface area is 100 Å². The van der Waals surface area contributed by atoms with Crippen LogP contribution in [0.5, 0.6) is 0 Å². The molecule has 0 saturated carbocycles. The van der Waals surface area contributed by atoms with Gasteiger partial charge in [-0.25, -0.2) is 0 Å². The maximum atomic E-state index is 8.35. The van der Waals surface area contributed by atoms with Gasteiger partial charge in [0.2, 0.25) is 0 Å². The quantitative estimate of drug-likeness (QED) is 0.244. The molecule has 0 radical (unpaired) electrons. The van der Waals surface area contributed by atoms with Crippen LogP contribution in [0.4, 0.5) is 5.69 Å². The average molecular weight is 242 g/mol. The van der Waals surface area contributed by atoms with Gasteiger partial charge in [0.1, 0.15) is 5.84 Å². The molecule has 0 spiro atoms. The molecule has 4 N–H and O–H groups in total. The van der Waals surface area contributed by atoms with Gasteiger partial charge in [-0.2, -0.15) is 0 Å². The third-order valence-corrected chi connectivity index (χ3v) is 2.49. The van der Waals surface area contributed by atoms with E-state index in [1.807, 2.05) is 25.1 Å². The second-order valence-electron chi connectivity index (χ2n) is 3.60. The number of nitrogens with one attached hydrogen (secondary N) is 1. The summed E-state index contributed by atoms with van der Waals surface area (Å²) in [6, 6.07) is 5.85. The highest BCUT2D eigenvalue weighted by molar-refractivity contribution is 6.33. The van der Waals surface area contributed by atoms with E-state index in [0.29, 0.717) is 11.4 Å². The van der Waals surface area contributed by atoms with E-state index in [0.717, 1.165) is 24.2 Å². The van der Waals surface area contributed by atoms with E-state index in [-0.39, 0.29) is 5.84 Å². The van der Waals surface area contributed by atoms with Crippen LogP contribution in [0.15, 0.2) is 23.4 Å². The summed E-state index contributed by atoms with van der Waals surface area (Å²) in [4.78, 5) is 0. The second kappa shape index (κ2) is 6.23. The minimum Gasteiger partial charge on any atom is -0.409 e. The van der Waals surface area contributed by atoms with Gasteiger partial charge in [0.05, 0.1) is 10.7 Å². The molecule has 16 heavy (non-hydrogen) atoms. The Balaban J connectivity index is 2.37. The van der Waals surface area contributed by atoms with Crippen LogP contribution in [0.2, 0.25) is 5.02 Å². The van der Waals surface area contributed by atoms with Crippen molar-refractivity contribution in [3.8, 4) is 0 Å². The SMILES string of the molecule is Cc1ccc(NCCCC(N)=NO)c(Cl)c1. The van der Waals surface area contributed by atoms with Crippen molar-refractivity contribution in [3.63, 3.8) is 0 Å². The van der Waals surface area contributed by atoms with Crippen LogP contribution < -0.4 is 11.1 Å². The van der Waals surface area contributed by atoms with Gasteiger partial charge in [0, 0.05) is 13.0 Å². The van der Waals surface area contributed by atoms with Gasteiger partial charge >= 0.3 is 0 Å². The van der Waals surface area contributed by atoms with Crippen molar-refractivity contribution >= 4 is 23.1 Å². The lowest BCUT2D eigenvalue weighted by Crippen LogP contribution is -2.13. The summed E-state index contributed by atoms with van der Waals surface area (Å²) in [5.41, 5.74) is 7.39. The van der Waals surface area contributed by atoms with Crippen LogP contribution >= 0.6 is 11.6 Å². The maximum Gasteiger partial charge on any atom is 0.139 e. The Bertz CT molecular complexity index is 379. The summed E-state index contributed by atoms with van der Waals surface area (Å²) in [6.07, 6.45) is 1.35. The Morgan fingerprint density at radius 3 is 2.94 bits per heavy atom. The summed E-state index contributed by atoms with van der Waals surface area (Å²) < 4.78 is 0. The molecular weight excluding hydrogens is 226 g/mol. The maximum absolute atomic E-state index is 8.35. The molecule has 0 aliphatic rings. The Hall–Kier alpha value is -1.42. The van der Waals surface area contributed by atoms with Crippen LogP contribution in [-0.4, -0.2) is 17.6 Å². The van der Waals surface area contributed by atoms with E-state index in [9.17, 15) is 0 Å². The van der Waals surface area contributed by atoms with Gasteiger partial charge in [0.15, 0.2) is 0 Å². The number of aryl methyl sites for hydroxylation is 1. The average Bonchev–Trinajstić information content (AvgIpc) is 2.26. The van der Waals surface area contributed by atoms with Crippen molar-refractivity contribution in [2.75, 3.05) is 11.9 Å². The van der Waals surface area contributed by atoms with Gasteiger partial charge in [0.25, 0.3) is 0 Å². The first-order valence-corrected chi connectivity index (χ1v) is 5.47. The van der Waals surface area contributed by atoms with Gasteiger partial charge in [-0.3, -0.25) is 0 Å². The summed E-state index contributed by atoms with van der Waals surface area (Å²) in [5, 5.41) is 15.2. The first-order valence-electron chi connectivity index (χ1n) is 5.10. The Morgan fingerprint density at radius 2 is 2.31 bits per heavy atom. The van der Waals surface area contributed by atoms with E-state index in [1.54, 1.807) is 0 Å². The topological polar surface area (TPSA) is 70.6 Å². The van der Waals surface area contributed by atoms with Crippen molar-refractivity contribution in [1.82, 2.24) is 0 Å². The third kappa shape index (κ3) is 3.98. The smallest absolute Gasteiger partial charge is 0.139 e. The predicted octanol–water partition coefficient (Wildman–Crippen LogP) is 2.59. The Morgan fingerprint density at radius 1 is 1.56 bits per heavy atom. The van der Waals surface area contributed by atoms with Crippen molar-refractivity contribution in [2.45, 2.75) is 19.8 Å². The minimum absolute atomic E-state index is 0.247. The number of rotatable bonds is 5. The zero-order valence-electron chi connectivity index (χ0n) is 9.20. The molecule has 88 valence electrons. The third-order valence-electron chi connectivity index (χ3n) is 2.18. The van der Waals surface area contributed by atoms with Crippen LogP contribution in [0.25, 0.3) is 0 Å². The number of hydrogen-bond acceptors (Lipinski definition) is 3. The molecule has 1 rings (SSSR count). The summed E-state index contributed by atoms with van der Waals surface area (Å²) >= 11 is 6.05. The largest absolute Gasteiger partial charge is 0.409 e. The fraction of sp³-hybridized carbons (Fsp3) is 0.364. The van der Waals surface area contributed by atoms with Gasteiger partial charge in [-0.1, -0.05) is 22.8 Å². The van der Waals surface area contributed by atoms with Crippen LogP contribution in [0.3, 0.4) is 0 Å². The number of oxime groups is 1. The first-order chi connectivity index (χ1) is 7.63. The van der Waals surface area contributed by atoms with Crippen molar-refractivity contribution in [3.05, 3.63) is 28.8 Å². The van der Waals surface area contributed by atoms with E-state index in [2.05, 4.69) is 10.5 Å². The van der Waals surface area contributed by atoms with Crippen molar-refractivity contribution in [2.24, 2.45) is 10.9 Å². The molecule has 0 bridgehead atoms. The molecular formula is C11H16ClN3O. The van der Waals surface area contributed by atoms with Gasteiger partial charge in [-0.15, -0.1) is 0 Å². The van der Waals surface area contributed by atoms with Crippen molar-refractivity contribution < 1.29 is 5.21 Å². The highest BCUT2D eigenvalue weighted by Gasteiger charge is 1.99. The molecule has 0 saturated heterocycles. The van der Waals surface area contributed by atoms with Crippen LogP contribution in [-0.2, 0) is 0 Å². The molecule has 0 atom stereocenters. The lowest BCUT2D eigenvalue weighted by atomic mass is 10.2. The normalized spacial score (nSPS) is 11.5. The van der Waals surface area contributed by atoms with Crippen LogP contribution in [0, 0.1) is 6.92 Å². The van der Waals surface area contributed by atoms with Crippen LogP contribution in [0.1, 0.15) is 18.4 Å². The summed E-state index contributed by atoms with van der Waals surface area (Å²) in [5.74, 6) is 0.247. The number of halogens is 1. The Kier molecular flexibility index (Phi) is 4.92. The fourth-order valence-electron chi connectivity index (χ4n) is 1.31. The first kappa shape index (κ1) is 12.6. The molecule has 1 aromatic carbocycles. The number of amidine groups is 1. The van der Waals surface area contributed by atoms with E-state index in [1.165, 1.54) is 0 Å². The molecule has 5 heteroatoms. The molecule has 0 amide bonds. The molecule has 0 fully saturated rings. The molecule has 0 aromatic heterocycles. The molecule has 0 aliphatic heterocycles. The zero-order valence-corrected chi connectivity index (χ0v) is 9.96. The van der Waals surface area contributed by atoms with E-state index < -0.39 is 0 Å². The van der Waals surface area contributed by atoms with Gasteiger partial charge < -0.3 is 16.3 Å². The standard InChI is InChI=1S/C11H16ClN3O/c1-8-4-5-10(9(12)7-8)14-6-2-3-11(13)15-16/h4-5,7,14,16H,2-3,6H2,1H3,(H2,13,15). The highest BCUT2D eigenvalue weighted by Crippen LogP contribution is 2.22. The summed E-state index contributed by atoms with van der Waals surface area (Å²) in [6.45, 7) is 2.73. The monoisotopic (exact) mass is 241 g/mol. The lowest BCUT2D eigenvalue weighted by molar-refractivity contribution is 0.316. The molecule has 1 aromatic rings. The zero-order chi connectivity index (χ0) is 12.0. The number of anilines is 1. The van der Waals surface area contributed by atoms with Crippen molar-refractivity contribution in [1.29, 1.82) is 0 Å². The molecule has 4 nitrogen and oxygen atoms in total. The number of benzene rings is 1. The lowest BCUT2D eigenvalue weighted by Gasteiger charge is -2.08. The molecule has 0 aliphatic carbocycles. The predicted molar refractivity (Wildman–Crippen MR) is 67.3 cm³/mol. The molecule has 0 unspecified atom stereocenters. The second-order valence-corrected chi connectivity index (χ2v) is 4.01. The fourth-order valence-corrected chi connectivity index (χ4v) is 1.61. The van der Waals surface area contributed by atoms with Gasteiger partial charge in [-0.05, 0) is 31.0 Å². The van der Waals surface area contributed by atoms with E-state index in [4.69, 9.17) is 22.5 Å². The number of hydrogen-bond donors (Lipinski definition) is 3. The summed E-state index contributed by atoms with van der Waals surface area (Å²) in [7, 11) is 0. The number of nitrogens with zero attached hydrogens (tertiary/aromatic N) is 1.